The average Bonchev–Trinajstić information content (AvgIpc) is 2.66. The molecule has 25 heavy (non-hydrogen) atoms. The Labute approximate surface area is 153 Å². The zero-order valence-electron chi connectivity index (χ0n) is 15.1. The largest absolute Gasteiger partial charge is 0.512 e. The van der Waals surface area contributed by atoms with Crippen molar-refractivity contribution in [3.63, 3.8) is 0 Å². The average molecular weight is 351 g/mol. The SMILES string of the molecule is C=C(C)C(=O)O[Si]C(CCCCC)(c1ccccc1)c1ccccc1. The Morgan fingerprint density at radius 2 is 1.52 bits per heavy atom. The normalized spacial score (nSPS) is 11.1. The molecule has 0 unspecified atom stereocenters. The van der Waals surface area contributed by atoms with Crippen molar-refractivity contribution < 1.29 is 9.22 Å². The summed E-state index contributed by atoms with van der Waals surface area (Å²) in [7, 11) is 0.0225. The van der Waals surface area contributed by atoms with Gasteiger partial charge in [-0.05, 0) is 24.5 Å². The fourth-order valence-corrected chi connectivity index (χ4v) is 4.22. The standard InChI is InChI=1S/C22H26O2Si/c1-4-5-12-17-22(19-13-8-6-9-14-19,20-15-10-7-11-16-20)25-24-21(23)18(2)3/h6-11,13-16H,2,4-5,12,17H2,1,3H3. The predicted molar refractivity (Wildman–Crippen MR) is 104 cm³/mol. The molecule has 0 fully saturated rings. The van der Waals surface area contributed by atoms with Gasteiger partial charge in [0.1, 0.15) is 0 Å². The Balaban J connectivity index is 2.44. The Kier molecular flexibility index (Phi) is 7.20. The molecule has 130 valence electrons. The molecule has 0 aliphatic carbocycles. The molecule has 0 aliphatic heterocycles. The third-order valence-corrected chi connectivity index (χ3v) is 5.82. The second-order valence-corrected chi connectivity index (χ2v) is 7.63. The number of carbonyl (C=O) groups excluding carboxylic acids is 1. The van der Waals surface area contributed by atoms with Crippen LogP contribution in [-0.4, -0.2) is 15.7 Å². The lowest BCUT2D eigenvalue weighted by Gasteiger charge is -2.33. The fraction of sp³-hybridized carbons (Fsp3) is 0.318. The molecule has 0 saturated heterocycles. The molecule has 0 atom stereocenters. The van der Waals surface area contributed by atoms with Crippen molar-refractivity contribution in [3.05, 3.63) is 83.9 Å². The van der Waals surface area contributed by atoms with Gasteiger partial charge in [0.15, 0.2) is 0 Å². The maximum Gasteiger partial charge on any atom is 0.331 e. The van der Waals surface area contributed by atoms with Crippen molar-refractivity contribution >= 4 is 15.7 Å². The number of unbranched alkanes of at least 4 members (excludes halogenated alkanes) is 2. The molecule has 0 bridgehead atoms. The molecule has 2 aromatic rings. The van der Waals surface area contributed by atoms with E-state index in [9.17, 15) is 4.79 Å². The van der Waals surface area contributed by atoms with Crippen LogP contribution >= 0.6 is 0 Å². The summed E-state index contributed by atoms with van der Waals surface area (Å²) in [6, 6.07) is 20.8. The van der Waals surface area contributed by atoms with E-state index in [2.05, 4.69) is 62.0 Å². The van der Waals surface area contributed by atoms with Crippen LogP contribution in [0.5, 0.6) is 0 Å². The zero-order valence-corrected chi connectivity index (χ0v) is 16.1. The maximum atomic E-state index is 12.1. The molecular weight excluding hydrogens is 324 g/mol. The van der Waals surface area contributed by atoms with Crippen LogP contribution in [0.15, 0.2) is 72.8 Å². The summed E-state index contributed by atoms with van der Waals surface area (Å²) in [5.74, 6) is -0.315. The van der Waals surface area contributed by atoms with Gasteiger partial charge < -0.3 is 4.43 Å². The summed E-state index contributed by atoms with van der Waals surface area (Å²) in [5, 5.41) is -0.303. The summed E-state index contributed by atoms with van der Waals surface area (Å²) >= 11 is 0. The lowest BCUT2D eigenvalue weighted by atomic mass is 9.85. The van der Waals surface area contributed by atoms with E-state index in [1.54, 1.807) is 6.92 Å². The van der Waals surface area contributed by atoms with Gasteiger partial charge >= 0.3 is 15.7 Å². The minimum atomic E-state index is -0.315. The molecule has 3 heteroatoms. The molecule has 0 aromatic heterocycles. The zero-order chi connectivity index (χ0) is 18.1. The summed E-state index contributed by atoms with van der Waals surface area (Å²) < 4.78 is 5.70. The lowest BCUT2D eigenvalue weighted by molar-refractivity contribution is -0.130. The summed E-state index contributed by atoms with van der Waals surface area (Å²) in [4.78, 5) is 12.1. The van der Waals surface area contributed by atoms with E-state index in [0.717, 1.165) is 19.3 Å². The molecular formula is C22H26O2Si. The van der Waals surface area contributed by atoms with E-state index in [-0.39, 0.29) is 20.8 Å². The molecule has 2 nitrogen and oxygen atoms in total. The second kappa shape index (κ2) is 9.38. The highest BCUT2D eigenvalue weighted by atomic mass is 28.2. The molecule has 0 amide bonds. The molecule has 0 saturated carbocycles. The Morgan fingerprint density at radius 1 is 1.00 bits per heavy atom. The lowest BCUT2D eigenvalue weighted by Crippen LogP contribution is -2.37. The van der Waals surface area contributed by atoms with E-state index < -0.39 is 0 Å². The van der Waals surface area contributed by atoms with Crippen LogP contribution in [-0.2, 0) is 14.3 Å². The van der Waals surface area contributed by atoms with Crippen LogP contribution in [0, 0.1) is 0 Å². The fourth-order valence-electron chi connectivity index (χ4n) is 2.93. The first-order valence-electron chi connectivity index (χ1n) is 8.85. The van der Waals surface area contributed by atoms with Gasteiger partial charge in [-0.15, -0.1) is 0 Å². The summed E-state index contributed by atoms with van der Waals surface area (Å²) in [5.41, 5.74) is 2.84. The van der Waals surface area contributed by atoms with Crippen LogP contribution in [0.4, 0.5) is 0 Å². The van der Waals surface area contributed by atoms with E-state index in [1.807, 2.05) is 12.1 Å². The number of hydrogen-bond donors (Lipinski definition) is 0. The van der Waals surface area contributed by atoms with Gasteiger partial charge in [-0.2, -0.15) is 0 Å². The number of carbonyl (C=O) groups is 1. The summed E-state index contributed by atoms with van der Waals surface area (Å²) in [6.45, 7) is 7.60. The molecule has 0 spiro atoms. The third-order valence-electron chi connectivity index (χ3n) is 4.35. The second-order valence-electron chi connectivity index (χ2n) is 6.37. The molecule has 0 heterocycles. The number of benzene rings is 2. The van der Waals surface area contributed by atoms with Crippen molar-refractivity contribution in [3.8, 4) is 0 Å². The van der Waals surface area contributed by atoms with Gasteiger partial charge in [0, 0.05) is 5.57 Å². The van der Waals surface area contributed by atoms with E-state index in [0.29, 0.717) is 5.57 Å². The first-order chi connectivity index (χ1) is 12.1. The van der Waals surface area contributed by atoms with E-state index in [1.165, 1.54) is 17.5 Å². The molecule has 2 aromatic carbocycles. The van der Waals surface area contributed by atoms with E-state index >= 15 is 0 Å². The number of hydrogen-bond acceptors (Lipinski definition) is 2. The quantitative estimate of drug-likeness (QED) is 0.351. The van der Waals surface area contributed by atoms with Gasteiger partial charge in [0.2, 0.25) is 0 Å². The van der Waals surface area contributed by atoms with Crippen molar-refractivity contribution in [2.45, 2.75) is 44.6 Å². The smallest absolute Gasteiger partial charge is 0.331 e. The van der Waals surface area contributed by atoms with Gasteiger partial charge in [-0.3, -0.25) is 0 Å². The van der Waals surface area contributed by atoms with Crippen molar-refractivity contribution in [1.29, 1.82) is 0 Å². The van der Waals surface area contributed by atoms with Crippen LogP contribution in [0.3, 0.4) is 0 Å². The van der Waals surface area contributed by atoms with Crippen LogP contribution in [0.1, 0.15) is 50.7 Å². The van der Waals surface area contributed by atoms with Gasteiger partial charge in [-0.25, -0.2) is 4.79 Å². The first-order valence-corrected chi connectivity index (χ1v) is 9.76. The van der Waals surface area contributed by atoms with Crippen LogP contribution in [0.25, 0.3) is 0 Å². The highest BCUT2D eigenvalue weighted by Crippen LogP contribution is 2.36. The molecule has 0 N–H and O–H groups in total. The molecule has 2 radical (unpaired) electrons. The van der Waals surface area contributed by atoms with Crippen LogP contribution in [0.2, 0.25) is 0 Å². The topological polar surface area (TPSA) is 26.3 Å². The van der Waals surface area contributed by atoms with Gasteiger partial charge in [0.05, 0.1) is 5.04 Å². The summed E-state index contributed by atoms with van der Waals surface area (Å²) in [6.07, 6.45) is 4.38. The number of rotatable bonds is 9. The van der Waals surface area contributed by atoms with Gasteiger partial charge in [-0.1, -0.05) is 93.4 Å². The predicted octanol–water partition coefficient (Wildman–Crippen LogP) is 5.25. The highest BCUT2D eigenvalue weighted by Gasteiger charge is 2.37. The van der Waals surface area contributed by atoms with Crippen LogP contribution < -0.4 is 0 Å². The minimum Gasteiger partial charge on any atom is -0.512 e. The van der Waals surface area contributed by atoms with Crippen molar-refractivity contribution in [1.82, 2.24) is 0 Å². The minimum absolute atomic E-state index is 0.0225. The Hall–Kier alpha value is -2.13. The molecule has 0 aliphatic rings. The molecule has 2 rings (SSSR count). The Morgan fingerprint density at radius 3 is 1.96 bits per heavy atom. The third kappa shape index (κ3) is 4.92. The Bertz CT molecular complexity index is 640. The van der Waals surface area contributed by atoms with Gasteiger partial charge in [0.25, 0.3) is 0 Å². The highest BCUT2D eigenvalue weighted by molar-refractivity contribution is 6.37. The maximum absolute atomic E-state index is 12.1. The van der Waals surface area contributed by atoms with Crippen molar-refractivity contribution in [2.75, 3.05) is 0 Å². The first kappa shape index (κ1) is 19.2. The van der Waals surface area contributed by atoms with Crippen molar-refractivity contribution in [2.24, 2.45) is 0 Å². The van der Waals surface area contributed by atoms with E-state index in [4.69, 9.17) is 4.43 Å². The monoisotopic (exact) mass is 350 g/mol.